The molecule has 2 heterocycles. The summed E-state index contributed by atoms with van der Waals surface area (Å²) >= 11 is 0. The van der Waals surface area contributed by atoms with Crippen molar-refractivity contribution in [2.75, 3.05) is 13.1 Å². The molecule has 0 spiro atoms. The third-order valence-corrected chi connectivity index (χ3v) is 3.19. The number of aromatic carboxylic acids is 1. The van der Waals surface area contributed by atoms with Crippen LogP contribution in [0.15, 0.2) is 18.3 Å². The number of carbonyl (C=O) groups is 2. The predicted octanol–water partition coefficient (Wildman–Crippen LogP) is 1.65. The number of amides is 1. The standard InChI is InChI=1S/C13H16N2O3/c1-13(2)5-6-15(8-13)11(16)10-4-3-9(7-14-10)12(17)18/h3-4,7H,5-6,8H2,1-2H3,(H,17,18). The molecule has 2 rings (SSSR count). The van der Waals surface area contributed by atoms with Gasteiger partial charge in [-0.05, 0) is 24.0 Å². The van der Waals surface area contributed by atoms with E-state index in [9.17, 15) is 9.59 Å². The van der Waals surface area contributed by atoms with E-state index in [1.54, 1.807) is 4.90 Å². The number of carboxylic acids is 1. The molecular formula is C13H16N2O3. The van der Waals surface area contributed by atoms with Gasteiger partial charge < -0.3 is 10.0 Å². The summed E-state index contributed by atoms with van der Waals surface area (Å²) in [5.74, 6) is -1.17. The number of likely N-dealkylation sites (tertiary alicyclic amines) is 1. The Morgan fingerprint density at radius 2 is 2.11 bits per heavy atom. The molecule has 0 unspecified atom stereocenters. The van der Waals surface area contributed by atoms with Gasteiger partial charge in [0, 0.05) is 19.3 Å². The number of carbonyl (C=O) groups excluding carboxylic acids is 1. The van der Waals surface area contributed by atoms with Gasteiger partial charge in [-0.25, -0.2) is 4.79 Å². The third kappa shape index (κ3) is 2.50. The van der Waals surface area contributed by atoms with E-state index in [0.717, 1.165) is 13.0 Å². The van der Waals surface area contributed by atoms with Crippen molar-refractivity contribution in [2.24, 2.45) is 5.41 Å². The number of hydrogen-bond acceptors (Lipinski definition) is 3. The Hall–Kier alpha value is -1.91. The Morgan fingerprint density at radius 3 is 2.56 bits per heavy atom. The fraction of sp³-hybridized carbons (Fsp3) is 0.462. The summed E-state index contributed by atoms with van der Waals surface area (Å²) in [5.41, 5.74) is 0.544. The Morgan fingerprint density at radius 1 is 1.39 bits per heavy atom. The zero-order valence-electron chi connectivity index (χ0n) is 10.5. The number of rotatable bonds is 2. The van der Waals surface area contributed by atoms with Crippen LogP contribution >= 0.6 is 0 Å². The summed E-state index contributed by atoms with van der Waals surface area (Å²) in [4.78, 5) is 28.5. The summed E-state index contributed by atoms with van der Waals surface area (Å²) in [6.45, 7) is 5.70. The first-order chi connectivity index (χ1) is 8.39. The van der Waals surface area contributed by atoms with E-state index in [1.807, 2.05) is 0 Å². The molecule has 5 heteroatoms. The maximum Gasteiger partial charge on any atom is 0.337 e. The molecule has 1 amide bonds. The number of aromatic nitrogens is 1. The molecule has 1 fully saturated rings. The van der Waals surface area contributed by atoms with Crippen molar-refractivity contribution in [3.05, 3.63) is 29.6 Å². The second-order valence-corrected chi connectivity index (χ2v) is 5.38. The summed E-state index contributed by atoms with van der Waals surface area (Å²) in [6, 6.07) is 2.88. The molecule has 0 aliphatic carbocycles. The van der Waals surface area contributed by atoms with Crippen LogP contribution in [0.2, 0.25) is 0 Å². The van der Waals surface area contributed by atoms with Crippen molar-refractivity contribution in [3.63, 3.8) is 0 Å². The van der Waals surface area contributed by atoms with Crippen LogP contribution < -0.4 is 0 Å². The Kier molecular flexibility index (Phi) is 3.07. The number of carboxylic acid groups (broad SMARTS) is 1. The molecule has 18 heavy (non-hydrogen) atoms. The average molecular weight is 248 g/mol. The highest BCUT2D eigenvalue weighted by molar-refractivity contribution is 5.94. The fourth-order valence-electron chi connectivity index (χ4n) is 2.09. The molecule has 0 saturated carbocycles. The number of hydrogen-bond donors (Lipinski definition) is 1. The highest BCUT2D eigenvalue weighted by Crippen LogP contribution is 2.29. The zero-order valence-corrected chi connectivity index (χ0v) is 10.5. The topological polar surface area (TPSA) is 70.5 Å². The monoisotopic (exact) mass is 248 g/mol. The fourth-order valence-corrected chi connectivity index (χ4v) is 2.09. The van der Waals surface area contributed by atoms with Crippen LogP contribution in [0.25, 0.3) is 0 Å². The van der Waals surface area contributed by atoms with Crippen molar-refractivity contribution in [1.82, 2.24) is 9.88 Å². The number of nitrogens with zero attached hydrogens (tertiary/aromatic N) is 2. The van der Waals surface area contributed by atoms with Crippen molar-refractivity contribution in [3.8, 4) is 0 Å². The molecule has 0 atom stereocenters. The van der Waals surface area contributed by atoms with E-state index in [1.165, 1.54) is 18.3 Å². The van der Waals surface area contributed by atoms with Gasteiger partial charge in [-0.3, -0.25) is 9.78 Å². The molecule has 0 aromatic carbocycles. The van der Waals surface area contributed by atoms with Crippen LogP contribution in [0.4, 0.5) is 0 Å². The average Bonchev–Trinajstić information content (AvgIpc) is 2.69. The van der Waals surface area contributed by atoms with Gasteiger partial charge in [-0.15, -0.1) is 0 Å². The van der Waals surface area contributed by atoms with E-state index in [4.69, 9.17) is 5.11 Å². The van der Waals surface area contributed by atoms with Crippen LogP contribution in [-0.4, -0.2) is 40.0 Å². The highest BCUT2D eigenvalue weighted by Gasteiger charge is 2.32. The Bertz CT molecular complexity index is 480. The maximum absolute atomic E-state index is 12.1. The molecule has 1 aliphatic rings. The first-order valence-corrected chi connectivity index (χ1v) is 5.88. The summed E-state index contributed by atoms with van der Waals surface area (Å²) in [7, 11) is 0. The van der Waals surface area contributed by atoms with E-state index in [-0.39, 0.29) is 16.9 Å². The van der Waals surface area contributed by atoms with Gasteiger partial charge in [0.25, 0.3) is 5.91 Å². The molecule has 1 aliphatic heterocycles. The van der Waals surface area contributed by atoms with Gasteiger partial charge in [0.15, 0.2) is 0 Å². The summed E-state index contributed by atoms with van der Waals surface area (Å²) < 4.78 is 0. The number of pyridine rings is 1. The summed E-state index contributed by atoms with van der Waals surface area (Å²) in [5, 5.41) is 8.76. The molecule has 96 valence electrons. The van der Waals surface area contributed by atoms with Crippen molar-refractivity contribution >= 4 is 11.9 Å². The first kappa shape index (κ1) is 12.5. The van der Waals surface area contributed by atoms with Gasteiger partial charge in [0.05, 0.1) is 5.56 Å². The molecule has 1 aromatic heterocycles. The molecule has 0 bridgehead atoms. The molecule has 1 N–H and O–H groups in total. The lowest BCUT2D eigenvalue weighted by molar-refractivity contribution is 0.0693. The van der Waals surface area contributed by atoms with Gasteiger partial charge in [-0.2, -0.15) is 0 Å². The lowest BCUT2D eigenvalue weighted by Crippen LogP contribution is -2.30. The third-order valence-electron chi connectivity index (χ3n) is 3.19. The van der Waals surface area contributed by atoms with Gasteiger partial charge in [-0.1, -0.05) is 13.8 Å². The minimum Gasteiger partial charge on any atom is -0.478 e. The van der Waals surface area contributed by atoms with Crippen molar-refractivity contribution < 1.29 is 14.7 Å². The largest absolute Gasteiger partial charge is 0.478 e. The minimum atomic E-state index is -1.04. The van der Waals surface area contributed by atoms with Gasteiger partial charge in [0.1, 0.15) is 5.69 Å². The molecular weight excluding hydrogens is 232 g/mol. The van der Waals surface area contributed by atoms with Crippen molar-refractivity contribution in [1.29, 1.82) is 0 Å². The second-order valence-electron chi connectivity index (χ2n) is 5.38. The van der Waals surface area contributed by atoms with Crippen LogP contribution in [0.3, 0.4) is 0 Å². The first-order valence-electron chi connectivity index (χ1n) is 5.88. The molecule has 5 nitrogen and oxygen atoms in total. The van der Waals surface area contributed by atoms with Crippen molar-refractivity contribution in [2.45, 2.75) is 20.3 Å². The van der Waals surface area contributed by atoms with Crippen LogP contribution in [-0.2, 0) is 0 Å². The highest BCUT2D eigenvalue weighted by atomic mass is 16.4. The van der Waals surface area contributed by atoms with Crippen LogP contribution in [0.1, 0.15) is 41.1 Å². The maximum atomic E-state index is 12.1. The second kappa shape index (κ2) is 4.40. The Balaban J connectivity index is 2.12. The normalized spacial score (nSPS) is 17.8. The van der Waals surface area contributed by atoms with Crippen LogP contribution in [0.5, 0.6) is 0 Å². The lowest BCUT2D eigenvalue weighted by atomic mass is 9.93. The van der Waals surface area contributed by atoms with E-state index >= 15 is 0 Å². The van der Waals surface area contributed by atoms with Gasteiger partial charge in [0.2, 0.25) is 0 Å². The minimum absolute atomic E-state index is 0.0910. The molecule has 0 radical (unpaired) electrons. The molecule has 1 aromatic rings. The zero-order chi connectivity index (χ0) is 13.3. The molecule has 1 saturated heterocycles. The predicted molar refractivity (Wildman–Crippen MR) is 65.5 cm³/mol. The van der Waals surface area contributed by atoms with Crippen LogP contribution in [0, 0.1) is 5.41 Å². The summed E-state index contributed by atoms with van der Waals surface area (Å²) in [6.07, 6.45) is 2.20. The van der Waals surface area contributed by atoms with E-state index < -0.39 is 5.97 Å². The van der Waals surface area contributed by atoms with Gasteiger partial charge >= 0.3 is 5.97 Å². The van der Waals surface area contributed by atoms with E-state index in [0.29, 0.717) is 12.2 Å². The Labute approximate surface area is 105 Å². The quantitative estimate of drug-likeness (QED) is 0.864. The SMILES string of the molecule is CC1(C)CCN(C(=O)c2ccc(C(=O)O)cn2)C1. The smallest absolute Gasteiger partial charge is 0.337 e. The van der Waals surface area contributed by atoms with E-state index in [2.05, 4.69) is 18.8 Å². The lowest BCUT2D eigenvalue weighted by Gasteiger charge is -2.19.